The lowest BCUT2D eigenvalue weighted by Gasteiger charge is -2.03. The van der Waals surface area contributed by atoms with E-state index in [0.29, 0.717) is 11.8 Å². The standard InChI is InChI=1S/C9H8F2O2/c10-8-2-1-6(4-9(8)11)3-7(13)5-12/h1-2,4-5,7,13H,3H2. The van der Waals surface area contributed by atoms with Crippen LogP contribution in [0.3, 0.4) is 0 Å². The maximum absolute atomic E-state index is 12.6. The van der Waals surface area contributed by atoms with Crippen molar-refractivity contribution >= 4 is 6.29 Å². The molecule has 4 heteroatoms. The van der Waals surface area contributed by atoms with Crippen molar-refractivity contribution < 1.29 is 18.7 Å². The second kappa shape index (κ2) is 4.09. The molecule has 1 rings (SSSR count). The van der Waals surface area contributed by atoms with Crippen LogP contribution in [0, 0.1) is 11.6 Å². The first-order valence-corrected chi connectivity index (χ1v) is 3.71. The molecular formula is C9H8F2O2. The Morgan fingerprint density at radius 1 is 1.38 bits per heavy atom. The highest BCUT2D eigenvalue weighted by atomic mass is 19.2. The fourth-order valence-corrected chi connectivity index (χ4v) is 0.956. The van der Waals surface area contributed by atoms with Gasteiger partial charge >= 0.3 is 0 Å². The SMILES string of the molecule is O=CC(O)Cc1ccc(F)c(F)c1. The van der Waals surface area contributed by atoms with Crippen LogP contribution in [-0.2, 0) is 11.2 Å². The van der Waals surface area contributed by atoms with E-state index >= 15 is 0 Å². The maximum Gasteiger partial charge on any atom is 0.159 e. The predicted octanol–water partition coefficient (Wildman–Crippen LogP) is 1.07. The Bertz CT molecular complexity index is 312. The van der Waals surface area contributed by atoms with Crippen LogP contribution >= 0.6 is 0 Å². The summed E-state index contributed by atoms with van der Waals surface area (Å²) in [7, 11) is 0. The Hall–Kier alpha value is -1.29. The largest absolute Gasteiger partial charge is 0.385 e. The van der Waals surface area contributed by atoms with Crippen molar-refractivity contribution in [3.8, 4) is 0 Å². The predicted molar refractivity (Wildman–Crippen MR) is 42.1 cm³/mol. The van der Waals surface area contributed by atoms with Gasteiger partial charge in [0.1, 0.15) is 12.4 Å². The topological polar surface area (TPSA) is 37.3 Å². The van der Waals surface area contributed by atoms with E-state index in [1.165, 1.54) is 6.07 Å². The highest BCUT2D eigenvalue weighted by molar-refractivity contribution is 5.56. The highest BCUT2D eigenvalue weighted by Crippen LogP contribution is 2.09. The van der Waals surface area contributed by atoms with E-state index in [4.69, 9.17) is 5.11 Å². The summed E-state index contributed by atoms with van der Waals surface area (Å²) in [5.74, 6) is -1.92. The van der Waals surface area contributed by atoms with Crippen LogP contribution in [-0.4, -0.2) is 17.5 Å². The van der Waals surface area contributed by atoms with E-state index in [-0.39, 0.29) is 6.42 Å². The lowest BCUT2D eigenvalue weighted by molar-refractivity contribution is -0.114. The Balaban J connectivity index is 2.79. The van der Waals surface area contributed by atoms with Crippen molar-refractivity contribution in [1.29, 1.82) is 0 Å². The molecule has 0 fully saturated rings. The molecule has 0 radical (unpaired) electrons. The molecule has 0 amide bonds. The Labute approximate surface area is 73.8 Å². The molecule has 0 bridgehead atoms. The number of aldehydes is 1. The summed E-state index contributed by atoms with van der Waals surface area (Å²) in [6, 6.07) is 3.25. The van der Waals surface area contributed by atoms with E-state index < -0.39 is 17.7 Å². The number of halogens is 2. The summed E-state index contributed by atoms with van der Waals surface area (Å²) in [5, 5.41) is 8.89. The number of carbonyl (C=O) groups is 1. The molecule has 0 spiro atoms. The molecule has 0 heterocycles. The van der Waals surface area contributed by atoms with E-state index in [1.54, 1.807) is 0 Å². The minimum Gasteiger partial charge on any atom is -0.385 e. The Morgan fingerprint density at radius 2 is 2.08 bits per heavy atom. The monoisotopic (exact) mass is 186 g/mol. The molecule has 0 aromatic heterocycles. The number of hydrogen-bond acceptors (Lipinski definition) is 2. The quantitative estimate of drug-likeness (QED) is 0.717. The van der Waals surface area contributed by atoms with Gasteiger partial charge in [-0.15, -0.1) is 0 Å². The van der Waals surface area contributed by atoms with Crippen LogP contribution in [0.5, 0.6) is 0 Å². The maximum atomic E-state index is 12.6. The normalized spacial score (nSPS) is 12.5. The van der Waals surface area contributed by atoms with Crippen molar-refractivity contribution in [2.24, 2.45) is 0 Å². The van der Waals surface area contributed by atoms with Crippen LogP contribution in [0.2, 0.25) is 0 Å². The molecule has 1 N–H and O–H groups in total. The molecule has 1 aromatic carbocycles. The Kier molecular flexibility index (Phi) is 3.08. The summed E-state index contributed by atoms with van der Waals surface area (Å²) in [4.78, 5) is 10.0. The summed E-state index contributed by atoms with van der Waals surface area (Å²) < 4.78 is 25.0. The summed E-state index contributed by atoms with van der Waals surface area (Å²) in [6.45, 7) is 0. The van der Waals surface area contributed by atoms with Gasteiger partial charge in [0.05, 0.1) is 0 Å². The van der Waals surface area contributed by atoms with Crippen LogP contribution < -0.4 is 0 Å². The van der Waals surface area contributed by atoms with Gasteiger partial charge in [0, 0.05) is 6.42 Å². The first-order chi connectivity index (χ1) is 6.13. The van der Waals surface area contributed by atoms with Crippen LogP contribution in [0.15, 0.2) is 18.2 Å². The molecule has 1 aromatic rings. The average molecular weight is 186 g/mol. The lowest BCUT2D eigenvalue weighted by Crippen LogP contribution is -2.11. The molecule has 13 heavy (non-hydrogen) atoms. The minimum absolute atomic E-state index is 0.000694. The van der Waals surface area contributed by atoms with Gasteiger partial charge in [-0.05, 0) is 17.7 Å². The van der Waals surface area contributed by atoms with E-state index in [0.717, 1.165) is 12.1 Å². The van der Waals surface area contributed by atoms with Crippen molar-refractivity contribution in [1.82, 2.24) is 0 Å². The third-order valence-electron chi connectivity index (χ3n) is 1.59. The van der Waals surface area contributed by atoms with Crippen LogP contribution in [0.4, 0.5) is 8.78 Å². The van der Waals surface area contributed by atoms with Gasteiger partial charge in [-0.2, -0.15) is 0 Å². The van der Waals surface area contributed by atoms with Crippen LogP contribution in [0.1, 0.15) is 5.56 Å². The molecule has 1 atom stereocenters. The number of rotatable bonds is 3. The second-order valence-electron chi connectivity index (χ2n) is 2.66. The van der Waals surface area contributed by atoms with Crippen LogP contribution in [0.25, 0.3) is 0 Å². The summed E-state index contributed by atoms with van der Waals surface area (Å²) in [5.41, 5.74) is 0.388. The lowest BCUT2D eigenvalue weighted by atomic mass is 10.1. The van der Waals surface area contributed by atoms with E-state index in [9.17, 15) is 13.6 Å². The zero-order chi connectivity index (χ0) is 9.84. The van der Waals surface area contributed by atoms with Gasteiger partial charge in [-0.25, -0.2) is 8.78 Å². The number of hydrogen-bond donors (Lipinski definition) is 1. The van der Waals surface area contributed by atoms with Gasteiger partial charge in [0.15, 0.2) is 11.6 Å². The zero-order valence-electron chi connectivity index (χ0n) is 6.71. The summed E-state index contributed by atoms with van der Waals surface area (Å²) in [6.07, 6.45) is -0.813. The van der Waals surface area contributed by atoms with Crippen molar-refractivity contribution in [2.75, 3.05) is 0 Å². The van der Waals surface area contributed by atoms with Gasteiger partial charge < -0.3 is 9.90 Å². The fraction of sp³-hybridized carbons (Fsp3) is 0.222. The molecular weight excluding hydrogens is 178 g/mol. The molecule has 1 unspecified atom stereocenters. The highest BCUT2D eigenvalue weighted by Gasteiger charge is 2.06. The second-order valence-corrected chi connectivity index (χ2v) is 2.66. The molecule has 2 nitrogen and oxygen atoms in total. The zero-order valence-corrected chi connectivity index (χ0v) is 6.71. The van der Waals surface area contributed by atoms with E-state index in [2.05, 4.69) is 0 Å². The van der Waals surface area contributed by atoms with Crippen molar-refractivity contribution in [3.05, 3.63) is 35.4 Å². The number of benzene rings is 1. The first kappa shape index (κ1) is 9.80. The molecule has 0 aliphatic heterocycles. The van der Waals surface area contributed by atoms with Crippen molar-refractivity contribution in [2.45, 2.75) is 12.5 Å². The smallest absolute Gasteiger partial charge is 0.159 e. The molecule has 0 saturated carbocycles. The van der Waals surface area contributed by atoms with Gasteiger partial charge in [0.2, 0.25) is 0 Å². The molecule has 0 aliphatic carbocycles. The Morgan fingerprint density at radius 3 is 2.62 bits per heavy atom. The third-order valence-corrected chi connectivity index (χ3v) is 1.59. The number of carbonyl (C=O) groups excluding carboxylic acids is 1. The van der Waals surface area contributed by atoms with Gasteiger partial charge in [0.25, 0.3) is 0 Å². The van der Waals surface area contributed by atoms with E-state index in [1.807, 2.05) is 0 Å². The molecule has 0 saturated heterocycles. The van der Waals surface area contributed by atoms with Crippen molar-refractivity contribution in [3.63, 3.8) is 0 Å². The van der Waals surface area contributed by atoms with Gasteiger partial charge in [-0.3, -0.25) is 0 Å². The van der Waals surface area contributed by atoms with Gasteiger partial charge in [-0.1, -0.05) is 6.07 Å². The average Bonchev–Trinajstić information content (AvgIpc) is 2.11. The minimum atomic E-state index is -1.16. The molecule has 0 aliphatic rings. The summed E-state index contributed by atoms with van der Waals surface area (Å²) >= 11 is 0. The first-order valence-electron chi connectivity index (χ1n) is 3.71. The number of aliphatic hydroxyl groups is 1. The number of aliphatic hydroxyl groups excluding tert-OH is 1. The molecule has 70 valence electrons. The third kappa shape index (κ3) is 2.59. The fourth-order valence-electron chi connectivity index (χ4n) is 0.956.